The van der Waals surface area contributed by atoms with Gasteiger partial charge >= 0.3 is 0 Å². The van der Waals surface area contributed by atoms with E-state index in [1.807, 2.05) is 30.3 Å². The Bertz CT molecular complexity index is 604. The normalized spacial score (nSPS) is 12.3. The summed E-state index contributed by atoms with van der Waals surface area (Å²) >= 11 is 18.6. The number of methoxy groups -OCH3 is 1. The van der Waals surface area contributed by atoms with Crippen LogP contribution in [0.15, 0.2) is 40.9 Å². The molecule has 0 saturated heterocycles. The largest absolute Gasteiger partial charge is 0.497 e. The monoisotopic (exact) mass is 470 g/mol. The molecule has 0 radical (unpaired) electrons. The fraction of sp³-hybridized carbons (Fsp3) is 0.143. The highest BCUT2D eigenvalue weighted by molar-refractivity contribution is 14.1. The van der Waals surface area contributed by atoms with Crippen molar-refractivity contribution in [3.63, 3.8) is 0 Å². The Balaban J connectivity index is 2.43. The standard InChI is InChI=1S/C14H10BrCl2IO/c1-19-9-3-4-10(13(16)7-9)14(17)11-6-8(18)2-5-12(11)15/h2-7,14H,1H3. The van der Waals surface area contributed by atoms with Crippen LogP contribution in [-0.4, -0.2) is 7.11 Å². The van der Waals surface area contributed by atoms with E-state index in [1.165, 1.54) is 0 Å². The zero-order valence-corrected chi connectivity index (χ0v) is 15.2. The Hall–Kier alpha value is 0.0300. The number of ether oxygens (including phenoxy) is 1. The summed E-state index contributed by atoms with van der Waals surface area (Å²) in [5.41, 5.74) is 1.87. The molecule has 0 spiro atoms. The van der Waals surface area contributed by atoms with Gasteiger partial charge in [-0.1, -0.05) is 33.6 Å². The Morgan fingerprint density at radius 1 is 1.16 bits per heavy atom. The van der Waals surface area contributed by atoms with Crippen molar-refractivity contribution in [1.29, 1.82) is 0 Å². The van der Waals surface area contributed by atoms with Crippen LogP contribution >= 0.6 is 61.7 Å². The van der Waals surface area contributed by atoms with Crippen molar-refractivity contribution >= 4 is 61.7 Å². The molecule has 0 fully saturated rings. The molecule has 0 N–H and O–H groups in total. The first-order valence-corrected chi connectivity index (χ1v) is 8.14. The van der Waals surface area contributed by atoms with E-state index in [4.69, 9.17) is 27.9 Å². The first-order valence-electron chi connectivity index (χ1n) is 5.45. The molecular formula is C14H10BrCl2IO. The lowest BCUT2D eigenvalue weighted by atomic mass is 10.0. The lowest BCUT2D eigenvalue weighted by molar-refractivity contribution is 0.414. The van der Waals surface area contributed by atoms with Crippen LogP contribution in [0.2, 0.25) is 5.02 Å². The maximum absolute atomic E-state index is 6.55. The van der Waals surface area contributed by atoms with E-state index in [-0.39, 0.29) is 5.38 Å². The molecule has 0 aromatic heterocycles. The topological polar surface area (TPSA) is 9.23 Å². The SMILES string of the molecule is COc1ccc(C(Cl)c2cc(I)ccc2Br)c(Cl)c1. The summed E-state index contributed by atoms with van der Waals surface area (Å²) in [5, 5.41) is 0.299. The molecule has 0 aliphatic heterocycles. The minimum atomic E-state index is -0.303. The molecule has 1 atom stereocenters. The van der Waals surface area contributed by atoms with Gasteiger partial charge in [-0.15, -0.1) is 11.6 Å². The smallest absolute Gasteiger partial charge is 0.120 e. The third-order valence-corrected chi connectivity index (χ3v) is 4.90. The van der Waals surface area contributed by atoms with Gasteiger partial charge in [0.05, 0.1) is 12.5 Å². The average molecular weight is 472 g/mol. The van der Waals surface area contributed by atoms with Gasteiger partial charge in [0.15, 0.2) is 0 Å². The van der Waals surface area contributed by atoms with Crippen LogP contribution < -0.4 is 4.74 Å². The molecule has 0 amide bonds. The van der Waals surface area contributed by atoms with Crippen LogP contribution in [0, 0.1) is 3.57 Å². The number of hydrogen-bond donors (Lipinski definition) is 0. The van der Waals surface area contributed by atoms with Gasteiger partial charge in [-0.2, -0.15) is 0 Å². The van der Waals surface area contributed by atoms with E-state index in [9.17, 15) is 0 Å². The minimum Gasteiger partial charge on any atom is -0.497 e. The fourth-order valence-corrected chi connectivity index (χ4v) is 3.55. The molecular weight excluding hydrogens is 462 g/mol. The average Bonchev–Trinajstić information content (AvgIpc) is 2.40. The maximum Gasteiger partial charge on any atom is 0.120 e. The van der Waals surface area contributed by atoms with Gasteiger partial charge in [0.2, 0.25) is 0 Å². The Kier molecular flexibility index (Phi) is 5.40. The lowest BCUT2D eigenvalue weighted by Gasteiger charge is -2.15. The second-order valence-corrected chi connectivity index (χ2v) is 6.86. The molecule has 1 nitrogen and oxygen atoms in total. The van der Waals surface area contributed by atoms with Crippen LogP contribution in [-0.2, 0) is 0 Å². The predicted octanol–water partition coefficient (Wildman–Crippen LogP) is 6.04. The highest BCUT2D eigenvalue weighted by atomic mass is 127. The van der Waals surface area contributed by atoms with Gasteiger partial charge < -0.3 is 4.74 Å². The minimum absolute atomic E-state index is 0.303. The highest BCUT2D eigenvalue weighted by Crippen LogP contribution is 2.38. The molecule has 0 heterocycles. The molecule has 2 aromatic carbocycles. The molecule has 2 rings (SSSR count). The highest BCUT2D eigenvalue weighted by Gasteiger charge is 2.17. The van der Waals surface area contributed by atoms with Gasteiger partial charge in [-0.3, -0.25) is 0 Å². The molecule has 100 valence electrons. The molecule has 1 unspecified atom stereocenters. The van der Waals surface area contributed by atoms with E-state index in [0.717, 1.165) is 24.9 Å². The third-order valence-electron chi connectivity index (χ3n) is 2.71. The van der Waals surface area contributed by atoms with Gasteiger partial charge in [0, 0.05) is 13.1 Å². The summed E-state index contributed by atoms with van der Waals surface area (Å²) in [7, 11) is 1.61. The predicted molar refractivity (Wildman–Crippen MR) is 92.6 cm³/mol. The van der Waals surface area contributed by atoms with E-state index in [2.05, 4.69) is 38.5 Å². The quantitative estimate of drug-likeness (QED) is 0.391. The first-order chi connectivity index (χ1) is 9.02. The molecule has 19 heavy (non-hydrogen) atoms. The molecule has 0 aliphatic rings. The second-order valence-electron chi connectivity index (χ2n) is 3.92. The summed E-state index contributed by atoms with van der Waals surface area (Å²) in [6.45, 7) is 0. The van der Waals surface area contributed by atoms with Crippen LogP contribution in [0.5, 0.6) is 5.75 Å². The summed E-state index contributed by atoms with van der Waals surface area (Å²) in [6, 6.07) is 11.6. The van der Waals surface area contributed by atoms with Crippen LogP contribution in [0.1, 0.15) is 16.5 Å². The number of benzene rings is 2. The number of halogens is 4. The van der Waals surface area contributed by atoms with E-state index < -0.39 is 0 Å². The number of hydrogen-bond acceptors (Lipinski definition) is 1. The second kappa shape index (κ2) is 6.66. The Morgan fingerprint density at radius 3 is 2.53 bits per heavy atom. The molecule has 5 heteroatoms. The maximum atomic E-state index is 6.55. The third kappa shape index (κ3) is 3.57. The summed E-state index contributed by atoms with van der Waals surface area (Å²) in [5.74, 6) is 0.722. The van der Waals surface area contributed by atoms with Gasteiger partial charge in [-0.05, 0) is 64.0 Å². The lowest BCUT2D eigenvalue weighted by Crippen LogP contribution is -1.97. The van der Waals surface area contributed by atoms with Gasteiger partial charge in [0.1, 0.15) is 5.75 Å². The van der Waals surface area contributed by atoms with E-state index in [0.29, 0.717) is 5.02 Å². The summed E-state index contributed by atoms with van der Waals surface area (Å²) < 4.78 is 7.24. The van der Waals surface area contributed by atoms with E-state index in [1.54, 1.807) is 13.2 Å². The fourth-order valence-electron chi connectivity index (χ4n) is 1.72. The van der Waals surface area contributed by atoms with Crippen molar-refractivity contribution in [3.8, 4) is 5.75 Å². The number of alkyl halides is 1. The zero-order valence-electron chi connectivity index (χ0n) is 9.96. The molecule has 2 aromatic rings. The van der Waals surface area contributed by atoms with Crippen molar-refractivity contribution in [2.75, 3.05) is 7.11 Å². The van der Waals surface area contributed by atoms with Crippen molar-refractivity contribution in [3.05, 3.63) is 60.6 Å². The Morgan fingerprint density at radius 2 is 1.89 bits per heavy atom. The van der Waals surface area contributed by atoms with Crippen molar-refractivity contribution in [2.45, 2.75) is 5.38 Å². The number of rotatable bonds is 3. The van der Waals surface area contributed by atoms with Crippen molar-refractivity contribution < 1.29 is 4.74 Å². The van der Waals surface area contributed by atoms with Gasteiger partial charge in [-0.25, -0.2) is 0 Å². The molecule has 0 aliphatic carbocycles. The van der Waals surface area contributed by atoms with Crippen LogP contribution in [0.4, 0.5) is 0 Å². The Labute approximate surface area is 144 Å². The zero-order chi connectivity index (χ0) is 14.0. The summed E-state index contributed by atoms with van der Waals surface area (Å²) in [4.78, 5) is 0. The molecule has 0 saturated carbocycles. The first kappa shape index (κ1) is 15.4. The van der Waals surface area contributed by atoms with Crippen molar-refractivity contribution in [2.24, 2.45) is 0 Å². The van der Waals surface area contributed by atoms with E-state index >= 15 is 0 Å². The van der Waals surface area contributed by atoms with Crippen LogP contribution in [0.25, 0.3) is 0 Å². The van der Waals surface area contributed by atoms with Crippen molar-refractivity contribution in [1.82, 2.24) is 0 Å². The van der Waals surface area contributed by atoms with Crippen LogP contribution in [0.3, 0.4) is 0 Å². The molecule has 0 bridgehead atoms. The summed E-state index contributed by atoms with van der Waals surface area (Å²) in [6.07, 6.45) is 0. The van der Waals surface area contributed by atoms with Gasteiger partial charge in [0.25, 0.3) is 0 Å².